The normalized spacial score (nSPS) is 50.6. The van der Waals surface area contributed by atoms with Gasteiger partial charge in [0, 0.05) is 25.7 Å². The molecule has 2 heteroatoms. The molecule has 2 N–H and O–H groups in total. The first-order valence-corrected chi connectivity index (χ1v) is 7.07. The summed E-state index contributed by atoms with van der Waals surface area (Å²) in [6.45, 7) is 0. The molecule has 0 atom stereocenters. The predicted molar refractivity (Wildman–Crippen MR) is 65.8 cm³/mol. The first-order valence-electron chi connectivity index (χ1n) is 7.07. The van der Waals surface area contributed by atoms with Gasteiger partial charge in [-0.25, -0.2) is 0 Å². The molecule has 4 fully saturated rings. The van der Waals surface area contributed by atoms with Crippen molar-refractivity contribution in [2.45, 2.75) is 49.6 Å². The van der Waals surface area contributed by atoms with Crippen molar-refractivity contribution in [3.8, 4) is 0 Å². The zero-order chi connectivity index (χ0) is 11.6. The lowest BCUT2D eigenvalue weighted by Crippen LogP contribution is -3.22. The molecule has 0 unspecified atom stereocenters. The average molecular weight is 224 g/mol. The van der Waals surface area contributed by atoms with Gasteiger partial charge in [-0.05, 0) is 18.3 Å². The molecule has 4 rings (SSSR count). The van der Waals surface area contributed by atoms with E-state index in [0.717, 1.165) is 11.8 Å². The van der Waals surface area contributed by atoms with Crippen molar-refractivity contribution in [2.75, 3.05) is 28.2 Å². The van der Waals surface area contributed by atoms with E-state index in [0.29, 0.717) is 11.1 Å². The summed E-state index contributed by atoms with van der Waals surface area (Å²) >= 11 is 0. The fourth-order valence-corrected chi connectivity index (χ4v) is 5.43. The average Bonchev–Trinajstić information content (AvgIpc) is 2.14. The molecule has 4 aliphatic carbocycles. The lowest BCUT2D eigenvalue weighted by molar-refractivity contribution is -0.957. The van der Waals surface area contributed by atoms with E-state index in [2.05, 4.69) is 28.2 Å². The van der Waals surface area contributed by atoms with Gasteiger partial charge >= 0.3 is 0 Å². The minimum Gasteiger partial charge on any atom is -0.335 e. The Kier molecular flexibility index (Phi) is 2.23. The van der Waals surface area contributed by atoms with Crippen molar-refractivity contribution < 1.29 is 9.80 Å². The van der Waals surface area contributed by atoms with Crippen molar-refractivity contribution in [3.05, 3.63) is 0 Å². The Balaban J connectivity index is 1.97. The summed E-state index contributed by atoms with van der Waals surface area (Å²) < 4.78 is 0. The summed E-state index contributed by atoms with van der Waals surface area (Å²) in [6.07, 6.45) is 9.09. The van der Waals surface area contributed by atoms with Gasteiger partial charge in [-0.3, -0.25) is 0 Å². The maximum atomic E-state index is 2.39. The summed E-state index contributed by atoms with van der Waals surface area (Å²) in [5.41, 5.74) is 1.28. The van der Waals surface area contributed by atoms with Crippen LogP contribution in [0.5, 0.6) is 0 Å². The Morgan fingerprint density at radius 3 is 1.44 bits per heavy atom. The highest BCUT2D eigenvalue weighted by Gasteiger charge is 2.63. The van der Waals surface area contributed by atoms with Crippen LogP contribution in [0.4, 0.5) is 0 Å². The molecule has 0 aromatic rings. The van der Waals surface area contributed by atoms with Gasteiger partial charge in [0.2, 0.25) is 0 Å². The second kappa shape index (κ2) is 3.23. The van der Waals surface area contributed by atoms with Gasteiger partial charge in [0.05, 0.1) is 34.6 Å². The molecule has 0 aromatic heterocycles. The number of rotatable bonds is 2. The fraction of sp³-hybridized carbons (Fsp3) is 1.00. The van der Waals surface area contributed by atoms with E-state index in [9.17, 15) is 0 Å². The van der Waals surface area contributed by atoms with Crippen LogP contribution in [0.2, 0.25) is 0 Å². The van der Waals surface area contributed by atoms with Crippen LogP contribution in [-0.2, 0) is 0 Å². The number of hydrogen-bond acceptors (Lipinski definition) is 0. The first kappa shape index (κ1) is 11.0. The van der Waals surface area contributed by atoms with Crippen molar-refractivity contribution >= 4 is 0 Å². The summed E-state index contributed by atoms with van der Waals surface area (Å²) in [5, 5.41) is 0. The van der Waals surface area contributed by atoms with Gasteiger partial charge in [-0.2, -0.15) is 0 Å². The van der Waals surface area contributed by atoms with Crippen molar-refractivity contribution in [3.63, 3.8) is 0 Å². The van der Waals surface area contributed by atoms with Crippen LogP contribution in [0.15, 0.2) is 0 Å². The van der Waals surface area contributed by atoms with Crippen molar-refractivity contribution in [2.24, 2.45) is 11.8 Å². The van der Waals surface area contributed by atoms with Crippen LogP contribution in [0.1, 0.15) is 38.5 Å². The maximum Gasteiger partial charge on any atom is 0.104 e. The number of hydrogen-bond donors (Lipinski definition) is 2. The monoisotopic (exact) mass is 224 g/mol. The molecule has 92 valence electrons. The van der Waals surface area contributed by atoms with Crippen LogP contribution in [0.25, 0.3) is 0 Å². The highest BCUT2D eigenvalue weighted by atomic mass is 15.2. The largest absolute Gasteiger partial charge is 0.335 e. The molecule has 0 amide bonds. The molecular formula is C14H28N2+2. The Morgan fingerprint density at radius 2 is 1.12 bits per heavy atom. The second-order valence-corrected chi connectivity index (χ2v) is 7.52. The molecule has 0 heterocycles. The topological polar surface area (TPSA) is 8.88 Å². The third-order valence-corrected chi connectivity index (χ3v) is 6.18. The smallest absolute Gasteiger partial charge is 0.104 e. The molecule has 0 radical (unpaired) electrons. The van der Waals surface area contributed by atoms with E-state index in [1.807, 2.05) is 0 Å². The summed E-state index contributed by atoms with van der Waals surface area (Å²) in [4.78, 5) is 3.46. The molecular weight excluding hydrogens is 196 g/mol. The quantitative estimate of drug-likeness (QED) is 0.618. The van der Waals surface area contributed by atoms with Crippen molar-refractivity contribution in [1.29, 1.82) is 0 Å². The fourth-order valence-electron chi connectivity index (χ4n) is 5.43. The SMILES string of the molecule is C[NH+](C)C12CC3CC(C1)CC([NH+](C)C)(C3)C2. The minimum absolute atomic E-state index is 0.640. The van der Waals surface area contributed by atoms with Gasteiger partial charge in [0.15, 0.2) is 0 Å². The van der Waals surface area contributed by atoms with E-state index in [1.54, 1.807) is 16.2 Å². The predicted octanol–water partition coefficient (Wildman–Crippen LogP) is -0.633. The molecule has 4 aliphatic rings. The Hall–Kier alpha value is -0.0800. The van der Waals surface area contributed by atoms with Crippen molar-refractivity contribution in [1.82, 2.24) is 0 Å². The second-order valence-electron chi connectivity index (χ2n) is 7.52. The van der Waals surface area contributed by atoms with Crippen LogP contribution < -0.4 is 9.80 Å². The van der Waals surface area contributed by atoms with Crippen LogP contribution in [0.3, 0.4) is 0 Å². The molecule has 0 aromatic carbocycles. The molecule has 2 nitrogen and oxygen atoms in total. The lowest BCUT2D eigenvalue weighted by Gasteiger charge is -2.61. The molecule has 0 spiro atoms. The van der Waals surface area contributed by atoms with E-state index in [1.165, 1.54) is 32.1 Å². The van der Waals surface area contributed by atoms with Gasteiger partial charge < -0.3 is 9.80 Å². The zero-order valence-electron chi connectivity index (χ0n) is 11.4. The van der Waals surface area contributed by atoms with E-state index >= 15 is 0 Å². The molecule has 4 bridgehead atoms. The van der Waals surface area contributed by atoms with Gasteiger partial charge in [-0.1, -0.05) is 0 Å². The minimum atomic E-state index is 0.640. The Morgan fingerprint density at radius 1 is 0.750 bits per heavy atom. The third-order valence-electron chi connectivity index (χ3n) is 6.18. The molecule has 0 saturated heterocycles. The molecule has 0 aliphatic heterocycles. The Labute approximate surface area is 100.0 Å². The van der Waals surface area contributed by atoms with E-state index in [4.69, 9.17) is 0 Å². The standard InChI is InChI=1S/C14H26N2/c1-15(2)13-6-11-5-12(7-13)9-14(8-11,10-13)16(3)4/h11-12H,5-10H2,1-4H3/p+2. The third kappa shape index (κ3) is 1.32. The van der Waals surface area contributed by atoms with Crippen LogP contribution >= 0.6 is 0 Å². The zero-order valence-corrected chi connectivity index (χ0v) is 11.4. The summed E-state index contributed by atoms with van der Waals surface area (Å²) in [5.74, 6) is 2.09. The van der Waals surface area contributed by atoms with Gasteiger partial charge in [0.25, 0.3) is 0 Å². The van der Waals surface area contributed by atoms with Gasteiger partial charge in [-0.15, -0.1) is 0 Å². The Bertz CT molecular complexity index is 255. The van der Waals surface area contributed by atoms with Crippen LogP contribution in [0, 0.1) is 11.8 Å². The molecule has 16 heavy (non-hydrogen) atoms. The van der Waals surface area contributed by atoms with Crippen LogP contribution in [-0.4, -0.2) is 39.3 Å². The first-order chi connectivity index (χ1) is 7.46. The van der Waals surface area contributed by atoms with E-state index < -0.39 is 0 Å². The number of quaternary nitrogens is 2. The summed E-state index contributed by atoms with van der Waals surface area (Å²) in [6, 6.07) is 0. The van der Waals surface area contributed by atoms with E-state index in [-0.39, 0.29) is 0 Å². The molecule has 4 saturated carbocycles. The lowest BCUT2D eigenvalue weighted by atomic mass is 9.49. The summed E-state index contributed by atoms with van der Waals surface area (Å²) in [7, 11) is 9.58. The number of nitrogens with one attached hydrogen (secondary N) is 2. The maximum absolute atomic E-state index is 2.39. The highest BCUT2D eigenvalue weighted by Crippen LogP contribution is 2.55. The highest BCUT2D eigenvalue weighted by molar-refractivity contribution is 5.08. The van der Waals surface area contributed by atoms with Gasteiger partial charge in [0.1, 0.15) is 11.1 Å².